The molecule has 0 radical (unpaired) electrons. The molecule has 6 nitrogen and oxygen atoms in total. The lowest BCUT2D eigenvalue weighted by atomic mass is 10.0. The van der Waals surface area contributed by atoms with Crippen molar-refractivity contribution >= 4 is 11.9 Å². The number of ether oxygens (including phenoxy) is 1. The minimum Gasteiger partial charge on any atom is -0.466 e. The molecule has 6 heteroatoms. The van der Waals surface area contributed by atoms with Gasteiger partial charge in [-0.2, -0.15) is 0 Å². The van der Waals surface area contributed by atoms with Crippen molar-refractivity contribution in [2.75, 3.05) is 13.2 Å². The molecule has 0 aliphatic rings. The van der Waals surface area contributed by atoms with Crippen LogP contribution >= 0.6 is 0 Å². The molecule has 0 rings (SSSR count). The van der Waals surface area contributed by atoms with Crippen LogP contribution in [-0.4, -0.2) is 47.4 Å². The van der Waals surface area contributed by atoms with Gasteiger partial charge >= 0.3 is 5.97 Å². The van der Waals surface area contributed by atoms with Gasteiger partial charge in [-0.25, -0.2) is 0 Å². The fourth-order valence-corrected chi connectivity index (χ4v) is 9.99. The van der Waals surface area contributed by atoms with Crippen LogP contribution in [0.1, 0.15) is 354 Å². The molecule has 0 aliphatic heterocycles. The van der Waals surface area contributed by atoms with Gasteiger partial charge < -0.3 is 20.3 Å². The lowest BCUT2D eigenvalue weighted by Crippen LogP contribution is -2.45. The summed E-state index contributed by atoms with van der Waals surface area (Å²) in [5.41, 5.74) is 0. The van der Waals surface area contributed by atoms with Crippen LogP contribution in [0, 0.1) is 0 Å². The molecule has 0 fully saturated rings. The highest BCUT2D eigenvalue weighted by molar-refractivity contribution is 5.76. The van der Waals surface area contributed by atoms with Gasteiger partial charge in [-0.1, -0.05) is 321 Å². The van der Waals surface area contributed by atoms with E-state index in [9.17, 15) is 19.8 Å². The zero-order valence-corrected chi connectivity index (χ0v) is 46.8. The molecular formula is C63H123NO5. The number of unbranched alkanes of at least 4 members (excludes halogenated alkanes) is 48. The molecule has 0 saturated heterocycles. The van der Waals surface area contributed by atoms with E-state index in [2.05, 4.69) is 19.2 Å². The highest BCUT2D eigenvalue weighted by Crippen LogP contribution is 2.18. The Morgan fingerprint density at radius 1 is 0.391 bits per heavy atom. The Bertz CT molecular complexity index is 1030. The first-order valence-corrected chi connectivity index (χ1v) is 31.5. The Kier molecular flexibility index (Phi) is 58.0. The van der Waals surface area contributed by atoms with E-state index in [-0.39, 0.29) is 18.5 Å². The maximum Gasteiger partial charge on any atom is 0.305 e. The van der Waals surface area contributed by atoms with Crippen molar-refractivity contribution in [3.63, 3.8) is 0 Å². The van der Waals surface area contributed by atoms with Crippen LogP contribution in [0.2, 0.25) is 0 Å². The minimum atomic E-state index is -0.839. The zero-order chi connectivity index (χ0) is 50.0. The maximum absolute atomic E-state index is 12.4. The molecule has 0 aromatic carbocycles. The molecule has 0 saturated carbocycles. The third-order valence-electron chi connectivity index (χ3n) is 14.8. The second kappa shape index (κ2) is 59.2. The Morgan fingerprint density at radius 2 is 0.667 bits per heavy atom. The van der Waals surface area contributed by atoms with E-state index in [4.69, 9.17) is 4.74 Å². The number of hydrogen-bond donors (Lipinski definition) is 3. The molecule has 2 unspecified atom stereocenters. The van der Waals surface area contributed by atoms with Gasteiger partial charge in [0, 0.05) is 12.8 Å². The van der Waals surface area contributed by atoms with Gasteiger partial charge in [0.25, 0.3) is 0 Å². The van der Waals surface area contributed by atoms with Crippen molar-refractivity contribution < 1.29 is 24.5 Å². The molecule has 69 heavy (non-hydrogen) atoms. The summed E-state index contributed by atoms with van der Waals surface area (Å²) in [6, 6.07) is -0.622. The van der Waals surface area contributed by atoms with Gasteiger partial charge in [0.1, 0.15) is 0 Å². The molecular weight excluding hydrogens is 851 g/mol. The van der Waals surface area contributed by atoms with E-state index in [1.807, 2.05) is 6.08 Å². The monoisotopic (exact) mass is 974 g/mol. The lowest BCUT2D eigenvalue weighted by Gasteiger charge is -2.20. The van der Waals surface area contributed by atoms with Crippen LogP contribution in [-0.2, 0) is 14.3 Å². The normalized spacial score (nSPS) is 12.6. The van der Waals surface area contributed by atoms with Crippen molar-refractivity contribution in [2.45, 2.75) is 366 Å². The molecule has 2 atom stereocenters. The van der Waals surface area contributed by atoms with Gasteiger partial charge in [0.15, 0.2) is 0 Å². The fraction of sp³-hybridized carbons (Fsp3) is 0.937. The van der Waals surface area contributed by atoms with E-state index in [0.29, 0.717) is 19.4 Å². The number of aliphatic hydroxyl groups is 2. The maximum atomic E-state index is 12.4. The third kappa shape index (κ3) is 55.8. The summed E-state index contributed by atoms with van der Waals surface area (Å²) in [4.78, 5) is 24.5. The minimum absolute atomic E-state index is 0.0217. The van der Waals surface area contributed by atoms with Crippen LogP contribution in [0.5, 0.6) is 0 Å². The Hall–Kier alpha value is -1.40. The highest BCUT2D eigenvalue weighted by atomic mass is 16.5. The first-order chi connectivity index (χ1) is 34.0. The van der Waals surface area contributed by atoms with E-state index in [0.717, 1.165) is 38.5 Å². The van der Waals surface area contributed by atoms with Crippen LogP contribution in [0.15, 0.2) is 12.2 Å². The molecule has 1 amide bonds. The Labute approximate surface area is 431 Å². The van der Waals surface area contributed by atoms with E-state index < -0.39 is 12.1 Å². The summed E-state index contributed by atoms with van der Waals surface area (Å²) in [5.74, 6) is -0.0443. The van der Waals surface area contributed by atoms with Crippen molar-refractivity contribution in [2.24, 2.45) is 0 Å². The summed E-state index contributed by atoms with van der Waals surface area (Å²) in [7, 11) is 0. The number of esters is 1. The number of nitrogens with one attached hydrogen (secondary N) is 1. The summed E-state index contributed by atoms with van der Waals surface area (Å²) in [6.45, 7) is 4.90. The zero-order valence-electron chi connectivity index (χ0n) is 46.8. The summed E-state index contributed by atoms with van der Waals surface area (Å²) in [5, 5.41) is 22.9. The number of rotatable bonds is 59. The van der Waals surface area contributed by atoms with E-state index in [1.165, 1.54) is 289 Å². The second-order valence-corrected chi connectivity index (χ2v) is 21.8. The molecule has 410 valence electrons. The predicted octanol–water partition coefficient (Wildman–Crippen LogP) is 19.6. The number of amides is 1. The smallest absolute Gasteiger partial charge is 0.305 e. The Balaban J connectivity index is 3.30. The molecule has 0 aromatic rings. The number of allylic oxidation sites excluding steroid dienone is 1. The standard InChI is InChI=1S/C63H123NO5/c1-3-5-7-9-11-13-14-15-30-34-37-41-45-49-53-57-63(68)69-58-54-50-46-42-38-35-32-29-27-25-23-21-19-17-16-18-20-22-24-26-28-31-33-36-40-44-48-52-56-62(67)64-60(59-65)61(66)55-51-47-43-39-12-10-8-6-4-2/h51,55,60-61,65-66H,3-50,52-54,56-59H2,1-2H3,(H,64,67)/b55-51+. The quantitative estimate of drug-likeness (QED) is 0.0321. The molecule has 3 N–H and O–H groups in total. The van der Waals surface area contributed by atoms with Crippen LogP contribution in [0.3, 0.4) is 0 Å². The average Bonchev–Trinajstić information content (AvgIpc) is 3.35. The summed E-state index contributed by atoms with van der Waals surface area (Å²) in [6.07, 6.45) is 71.4. The van der Waals surface area contributed by atoms with E-state index in [1.54, 1.807) is 6.08 Å². The predicted molar refractivity (Wildman–Crippen MR) is 301 cm³/mol. The van der Waals surface area contributed by atoms with Crippen LogP contribution in [0.4, 0.5) is 0 Å². The van der Waals surface area contributed by atoms with Gasteiger partial charge in [-0.3, -0.25) is 9.59 Å². The van der Waals surface area contributed by atoms with Crippen molar-refractivity contribution in [3.05, 3.63) is 12.2 Å². The Morgan fingerprint density at radius 3 is 0.986 bits per heavy atom. The number of carbonyl (C=O) groups is 2. The SMILES string of the molecule is CCCCCCCCC/C=C/C(O)C(CO)NC(=O)CCCCCCCCCCCCCCCCCCCCCCCCCCCCCCOC(=O)CCCCCCCCCCCCCCCCC. The van der Waals surface area contributed by atoms with Crippen molar-refractivity contribution in [1.29, 1.82) is 0 Å². The number of carbonyl (C=O) groups excluding carboxylic acids is 2. The molecule has 0 heterocycles. The first-order valence-electron chi connectivity index (χ1n) is 31.5. The van der Waals surface area contributed by atoms with Crippen molar-refractivity contribution in [1.82, 2.24) is 5.32 Å². The van der Waals surface area contributed by atoms with Gasteiger partial charge in [-0.05, 0) is 32.1 Å². The van der Waals surface area contributed by atoms with Gasteiger partial charge in [0.2, 0.25) is 5.91 Å². The first kappa shape index (κ1) is 67.6. The average molecular weight is 975 g/mol. The fourth-order valence-electron chi connectivity index (χ4n) is 9.99. The lowest BCUT2D eigenvalue weighted by molar-refractivity contribution is -0.143. The molecule has 0 bridgehead atoms. The van der Waals surface area contributed by atoms with Gasteiger partial charge in [0.05, 0.1) is 25.4 Å². The largest absolute Gasteiger partial charge is 0.466 e. The molecule has 0 aromatic heterocycles. The molecule has 0 aliphatic carbocycles. The van der Waals surface area contributed by atoms with Crippen molar-refractivity contribution in [3.8, 4) is 0 Å². The van der Waals surface area contributed by atoms with Crippen LogP contribution < -0.4 is 5.32 Å². The molecule has 0 spiro atoms. The summed E-state index contributed by atoms with van der Waals surface area (Å²) >= 11 is 0. The topological polar surface area (TPSA) is 95.9 Å². The third-order valence-corrected chi connectivity index (χ3v) is 14.8. The van der Waals surface area contributed by atoms with Gasteiger partial charge in [-0.15, -0.1) is 0 Å². The van der Waals surface area contributed by atoms with E-state index >= 15 is 0 Å². The summed E-state index contributed by atoms with van der Waals surface area (Å²) < 4.78 is 5.50. The number of hydrogen-bond acceptors (Lipinski definition) is 5. The van der Waals surface area contributed by atoms with Crippen LogP contribution in [0.25, 0.3) is 0 Å². The second-order valence-electron chi connectivity index (χ2n) is 21.8. The number of aliphatic hydroxyl groups excluding tert-OH is 2. The highest BCUT2D eigenvalue weighted by Gasteiger charge is 2.18.